The van der Waals surface area contributed by atoms with Gasteiger partial charge in [0.1, 0.15) is 17.3 Å². The van der Waals surface area contributed by atoms with E-state index in [0.717, 1.165) is 12.8 Å². The minimum Gasteiger partial charge on any atom is -0.452 e. The Morgan fingerprint density at radius 3 is 2.62 bits per heavy atom. The quantitative estimate of drug-likeness (QED) is 0.490. The highest BCUT2D eigenvalue weighted by Gasteiger charge is 2.32. The summed E-state index contributed by atoms with van der Waals surface area (Å²) in [4.78, 5) is 24.0. The van der Waals surface area contributed by atoms with Crippen molar-refractivity contribution in [3.8, 4) is 11.5 Å². The van der Waals surface area contributed by atoms with Crippen molar-refractivity contribution in [3.63, 3.8) is 0 Å². The zero-order chi connectivity index (χ0) is 16.7. The van der Waals surface area contributed by atoms with Gasteiger partial charge in [-0.1, -0.05) is 12.1 Å². The van der Waals surface area contributed by atoms with E-state index in [1.54, 1.807) is 36.4 Å². The topological polar surface area (TPSA) is 52.6 Å². The Hall–Kier alpha value is -2.95. The van der Waals surface area contributed by atoms with Gasteiger partial charge in [-0.3, -0.25) is 9.59 Å². The lowest BCUT2D eigenvalue weighted by atomic mass is 10.1. The number of fused-ring (bicyclic) bond motifs is 1. The number of carbonyl (C=O) groups is 2. The van der Waals surface area contributed by atoms with Crippen LogP contribution in [0.1, 0.15) is 28.8 Å². The molecular formula is C19H13FO4. The fourth-order valence-corrected chi connectivity index (χ4v) is 2.46. The third-order valence-corrected chi connectivity index (χ3v) is 3.94. The van der Waals surface area contributed by atoms with Crippen LogP contribution in [0.25, 0.3) is 6.08 Å². The van der Waals surface area contributed by atoms with Gasteiger partial charge < -0.3 is 9.47 Å². The van der Waals surface area contributed by atoms with E-state index in [1.165, 1.54) is 12.1 Å². The third kappa shape index (κ3) is 2.80. The van der Waals surface area contributed by atoms with Crippen LogP contribution in [0.4, 0.5) is 4.39 Å². The molecule has 0 atom stereocenters. The molecule has 0 N–H and O–H groups in total. The smallest absolute Gasteiger partial charge is 0.314 e. The van der Waals surface area contributed by atoms with E-state index in [0.29, 0.717) is 22.6 Å². The van der Waals surface area contributed by atoms with E-state index in [4.69, 9.17) is 9.47 Å². The van der Waals surface area contributed by atoms with Gasteiger partial charge in [-0.05, 0) is 48.7 Å². The second-order valence-corrected chi connectivity index (χ2v) is 5.84. The third-order valence-electron chi connectivity index (χ3n) is 3.94. The van der Waals surface area contributed by atoms with Crippen molar-refractivity contribution in [3.05, 3.63) is 65.2 Å². The van der Waals surface area contributed by atoms with Gasteiger partial charge in [0.25, 0.3) is 0 Å². The fourth-order valence-electron chi connectivity index (χ4n) is 2.46. The molecule has 0 radical (unpaired) electrons. The number of ketones is 1. The van der Waals surface area contributed by atoms with Crippen molar-refractivity contribution in [2.75, 3.05) is 0 Å². The van der Waals surface area contributed by atoms with Crippen molar-refractivity contribution >= 4 is 17.8 Å². The van der Waals surface area contributed by atoms with E-state index in [2.05, 4.69) is 0 Å². The Bertz CT molecular complexity index is 863. The van der Waals surface area contributed by atoms with Gasteiger partial charge in [0, 0.05) is 6.07 Å². The summed E-state index contributed by atoms with van der Waals surface area (Å²) in [5, 5.41) is 0. The summed E-state index contributed by atoms with van der Waals surface area (Å²) in [5.41, 5.74) is 1.07. The van der Waals surface area contributed by atoms with Crippen molar-refractivity contribution in [1.29, 1.82) is 0 Å². The van der Waals surface area contributed by atoms with E-state index in [1.807, 2.05) is 0 Å². The molecule has 1 heterocycles. The van der Waals surface area contributed by atoms with E-state index < -0.39 is 0 Å². The van der Waals surface area contributed by atoms with Crippen molar-refractivity contribution in [1.82, 2.24) is 0 Å². The molecule has 24 heavy (non-hydrogen) atoms. The van der Waals surface area contributed by atoms with E-state index >= 15 is 0 Å². The number of halogens is 1. The van der Waals surface area contributed by atoms with Crippen LogP contribution in [0.3, 0.4) is 0 Å². The van der Waals surface area contributed by atoms with Crippen LogP contribution < -0.4 is 9.47 Å². The lowest BCUT2D eigenvalue weighted by molar-refractivity contribution is -0.135. The minimum absolute atomic E-state index is 0.00487. The Morgan fingerprint density at radius 2 is 1.92 bits per heavy atom. The highest BCUT2D eigenvalue weighted by Crippen LogP contribution is 2.36. The molecule has 2 aliphatic rings. The number of Topliss-reactive ketones (excluding diaryl/α,β-unsaturated/α-hetero) is 1. The molecule has 1 aliphatic carbocycles. The summed E-state index contributed by atoms with van der Waals surface area (Å²) in [6.07, 6.45) is 3.28. The maximum Gasteiger partial charge on any atom is 0.314 e. The Kier molecular flexibility index (Phi) is 3.41. The van der Waals surface area contributed by atoms with Crippen LogP contribution in [0.5, 0.6) is 11.5 Å². The number of carbonyl (C=O) groups excluding carboxylic acids is 2. The summed E-state index contributed by atoms with van der Waals surface area (Å²) < 4.78 is 23.8. The van der Waals surface area contributed by atoms with Crippen LogP contribution >= 0.6 is 0 Å². The van der Waals surface area contributed by atoms with Crippen molar-refractivity contribution in [2.45, 2.75) is 12.8 Å². The summed E-state index contributed by atoms with van der Waals surface area (Å²) in [7, 11) is 0. The molecule has 2 aromatic rings. The number of rotatable bonds is 3. The number of hydrogen-bond acceptors (Lipinski definition) is 4. The lowest BCUT2D eigenvalue weighted by Gasteiger charge is -2.04. The van der Waals surface area contributed by atoms with E-state index in [-0.39, 0.29) is 29.2 Å². The molecule has 0 saturated heterocycles. The molecule has 1 fully saturated rings. The van der Waals surface area contributed by atoms with Crippen LogP contribution in [-0.2, 0) is 4.79 Å². The summed E-state index contributed by atoms with van der Waals surface area (Å²) in [6.45, 7) is 0. The molecule has 0 aromatic heterocycles. The summed E-state index contributed by atoms with van der Waals surface area (Å²) >= 11 is 0. The number of ether oxygens (including phenoxy) is 2. The van der Waals surface area contributed by atoms with E-state index in [9.17, 15) is 14.0 Å². The zero-order valence-corrected chi connectivity index (χ0v) is 12.6. The van der Waals surface area contributed by atoms with Gasteiger partial charge >= 0.3 is 5.97 Å². The summed E-state index contributed by atoms with van der Waals surface area (Å²) in [6, 6.07) is 10.5. The van der Waals surface area contributed by atoms with Crippen LogP contribution in [0, 0.1) is 11.7 Å². The highest BCUT2D eigenvalue weighted by molar-refractivity contribution is 6.14. The number of hydrogen-bond donors (Lipinski definition) is 0. The normalized spacial score (nSPS) is 17.5. The van der Waals surface area contributed by atoms with Gasteiger partial charge in [-0.2, -0.15) is 0 Å². The molecule has 120 valence electrons. The first kappa shape index (κ1) is 14.6. The van der Waals surface area contributed by atoms with Gasteiger partial charge in [0.2, 0.25) is 5.78 Å². The largest absolute Gasteiger partial charge is 0.452 e. The van der Waals surface area contributed by atoms with Gasteiger partial charge in [-0.25, -0.2) is 4.39 Å². The molecule has 1 aliphatic heterocycles. The standard InChI is InChI=1S/C19H13FO4/c20-13-5-1-11(2-6-13)9-17-18(21)15-8-7-14(10-16(15)24-17)23-19(22)12-3-4-12/h1-2,5-10,12H,3-4H2/b17-9-. The highest BCUT2D eigenvalue weighted by atomic mass is 19.1. The predicted molar refractivity (Wildman–Crippen MR) is 84.1 cm³/mol. The number of allylic oxidation sites excluding steroid dienone is 1. The molecule has 4 nitrogen and oxygen atoms in total. The monoisotopic (exact) mass is 324 g/mol. The first-order valence-electron chi connectivity index (χ1n) is 7.66. The van der Waals surface area contributed by atoms with Crippen LogP contribution in [-0.4, -0.2) is 11.8 Å². The second kappa shape index (κ2) is 5.60. The molecule has 5 heteroatoms. The lowest BCUT2D eigenvalue weighted by Crippen LogP contribution is -2.09. The maximum absolute atomic E-state index is 12.9. The van der Waals surface area contributed by atoms with Crippen molar-refractivity contribution in [2.24, 2.45) is 5.92 Å². The Balaban J connectivity index is 1.57. The average molecular weight is 324 g/mol. The molecule has 0 amide bonds. The molecule has 0 unspecified atom stereocenters. The van der Waals surface area contributed by atoms with Crippen LogP contribution in [0.15, 0.2) is 48.2 Å². The van der Waals surface area contributed by atoms with Crippen LogP contribution in [0.2, 0.25) is 0 Å². The first-order chi connectivity index (χ1) is 11.6. The fraction of sp³-hybridized carbons (Fsp3) is 0.158. The van der Waals surface area contributed by atoms with Crippen molar-refractivity contribution < 1.29 is 23.5 Å². The zero-order valence-electron chi connectivity index (χ0n) is 12.6. The van der Waals surface area contributed by atoms with Gasteiger partial charge in [0.05, 0.1) is 11.5 Å². The minimum atomic E-state index is -0.346. The van der Waals surface area contributed by atoms with Gasteiger partial charge in [-0.15, -0.1) is 0 Å². The maximum atomic E-state index is 12.9. The molecule has 0 bridgehead atoms. The number of benzene rings is 2. The Morgan fingerprint density at radius 1 is 1.17 bits per heavy atom. The van der Waals surface area contributed by atoms with Gasteiger partial charge in [0.15, 0.2) is 5.76 Å². The first-order valence-corrected chi connectivity index (χ1v) is 7.66. The average Bonchev–Trinajstić information content (AvgIpc) is 3.37. The Labute approximate surface area is 137 Å². The molecule has 0 spiro atoms. The predicted octanol–water partition coefficient (Wildman–Crippen LogP) is 3.76. The number of esters is 1. The molecule has 4 rings (SSSR count). The summed E-state index contributed by atoms with van der Waals surface area (Å²) in [5.74, 6) is 0.0184. The molecular weight excluding hydrogens is 311 g/mol. The second-order valence-electron chi connectivity index (χ2n) is 5.84. The SMILES string of the molecule is O=C1/C(=C/c2ccc(F)cc2)Oc2cc(OC(=O)C3CC3)ccc21. The molecule has 1 saturated carbocycles. The molecule has 2 aromatic carbocycles.